The van der Waals surface area contributed by atoms with Crippen molar-refractivity contribution in [2.24, 2.45) is 4.99 Å². The molecule has 1 aliphatic rings. The third-order valence-electron chi connectivity index (χ3n) is 4.34. The van der Waals surface area contributed by atoms with E-state index in [9.17, 15) is 9.59 Å². The number of benzene rings is 2. The predicted molar refractivity (Wildman–Crippen MR) is 114 cm³/mol. The number of carbonyl (C=O) groups is 2. The molecule has 1 N–H and O–H groups in total. The molecule has 2 aromatic rings. The van der Waals surface area contributed by atoms with E-state index >= 15 is 0 Å². The number of carbonyl (C=O) groups excluding carboxylic acids is 2. The minimum atomic E-state index is -0.513. The number of thioether (sulfide) groups is 1. The Morgan fingerprint density at radius 1 is 1.29 bits per heavy atom. The lowest BCUT2D eigenvalue weighted by molar-refractivity contribution is -0.127. The first-order valence-corrected chi connectivity index (χ1v) is 9.86. The van der Waals surface area contributed by atoms with Crippen molar-refractivity contribution in [3.8, 4) is 5.75 Å². The summed E-state index contributed by atoms with van der Waals surface area (Å²) in [6.07, 6.45) is 0.0629. The van der Waals surface area contributed by atoms with Crippen LogP contribution in [0.25, 0.3) is 0 Å². The van der Waals surface area contributed by atoms with Gasteiger partial charge in [-0.15, -0.1) is 0 Å². The number of nitrogens with one attached hydrogen (secondary N) is 1. The number of hydrogen-bond donors (Lipinski definition) is 1. The van der Waals surface area contributed by atoms with Crippen LogP contribution in [0.3, 0.4) is 0 Å². The zero-order valence-corrected chi connectivity index (χ0v) is 17.3. The number of rotatable bonds is 5. The molecule has 2 aromatic carbocycles. The second kappa shape index (κ2) is 8.67. The molecule has 1 aliphatic heterocycles. The fraction of sp³-hybridized carbons (Fsp3) is 0.250. The summed E-state index contributed by atoms with van der Waals surface area (Å²) in [6.45, 7) is 1.88. The van der Waals surface area contributed by atoms with Gasteiger partial charge in [-0.05, 0) is 48.9 Å². The molecular formula is C20H20ClN3O3S. The minimum Gasteiger partial charge on any atom is -0.497 e. The fourth-order valence-electron chi connectivity index (χ4n) is 2.67. The third kappa shape index (κ3) is 4.48. The lowest BCUT2D eigenvalue weighted by Crippen LogP contribution is -2.30. The fourth-order valence-corrected chi connectivity index (χ4v) is 3.99. The molecule has 28 heavy (non-hydrogen) atoms. The summed E-state index contributed by atoms with van der Waals surface area (Å²) in [5.41, 5.74) is 2.20. The smallest absolute Gasteiger partial charge is 0.242 e. The molecule has 146 valence electrons. The Morgan fingerprint density at radius 2 is 2.00 bits per heavy atom. The van der Waals surface area contributed by atoms with Crippen LogP contribution in [-0.2, 0) is 9.59 Å². The number of amides is 2. The Morgan fingerprint density at radius 3 is 2.68 bits per heavy atom. The summed E-state index contributed by atoms with van der Waals surface area (Å²) in [5.74, 6) is 0.330. The molecule has 6 nitrogen and oxygen atoms in total. The van der Waals surface area contributed by atoms with Crippen LogP contribution >= 0.6 is 23.4 Å². The molecule has 0 aromatic heterocycles. The first-order valence-electron chi connectivity index (χ1n) is 8.61. The average Bonchev–Trinajstić information content (AvgIpc) is 2.94. The largest absolute Gasteiger partial charge is 0.497 e. The van der Waals surface area contributed by atoms with Crippen LogP contribution in [0.15, 0.2) is 47.5 Å². The van der Waals surface area contributed by atoms with Gasteiger partial charge in [0.05, 0.1) is 12.8 Å². The molecule has 3 rings (SSSR count). The van der Waals surface area contributed by atoms with Gasteiger partial charge in [-0.3, -0.25) is 14.5 Å². The molecule has 0 spiro atoms. The monoisotopic (exact) mass is 417 g/mol. The predicted octanol–water partition coefficient (Wildman–Crippen LogP) is 4.25. The Balaban J connectivity index is 1.68. The standard InChI is InChI=1S/C20H20ClN3O3S/c1-12-15(21)5-4-6-16(12)23-20-24(2)19(26)17(28-20)11-18(25)22-13-7-9-14(27-3)10-8-13/h4-10,17H,11H2,1-3H3,(H,22,25)/t17-/m1/s1. The van der Waals surface area contributed by atoms with Gasteiger partial charge in [0, 0.05) is 24.2 Å². The van der Waals surface area contributed by atoms with Gasteiger partial charge in [0.2, 0.25) is 11.8 Å². The Labute approximate surface area is 172 Å². The molecule has 0 bridgehead atoms. The Kier molecular flexibility index (Phi) is 6.26. The van der Waals surface area contributed by atoms with Crippen LogP contribution in [-0.4, -0.2) is 41.3 Å². The van der Waals surface area contributed by atoms with E-state index in [4.69, 9.17) is 16.3 Å². The molecule has 1 saturated heterocycles. The first-order chi connectivity index (χ1) is 13.4. The Bertz CT molecular complexity index is 931. The molecule has 1 heterocycles. The zero-order valence-electron chi connectivity index (χ0n) is 15.7. The molecule has 0 aliphatic carbocycles. The van der Waals surface area contributed by atoms with E-state index in [0.717, 1.165) is 5.56 Å². The molecule has 0 unspecified atom stereocenters. The SMILES string of the molecule is COc1ccc(NC(=O)C[C@H]2SC(=Nc3cccc(Cl)c3C)N(C)C2=O)cc1. The van der Waals surface area contributed by atoms with Gasteiger partial charge in [0.1, 0.15) is 11.0 Å². The van der Waals surface area contributed by atoms with Crippen molar-refractivity contribution >= 4 is 51.7 Å². The van der Waals surface area contributed by atoms with Crippen molar-refractivity contribution in [1.82, 2.24) is 4.90 Å². The summed E-state index contributed by atoms with van der Waals surface area (Å²) < 4.78 is 5.10. The molecule has 0 saturated carbocycles. The highest BCUT2D eigenvalue weighted by molar-refractivity contribution is 8.15. The van der Waals surface area contributed by atoms with E-state index in [-0.39, 0.29) is 18.2 Å². The second-order valence-corrected chi connectivity index (χ2v) is 7.84. The van der Waals surface area contributed by atoms with Crippen LogP contribution in [0.4, 0.5) is 11.4 Å². The molecular weight excluding hydrogens is 398 g/mol. The maximum atomic E-state index is 12.5. The topological polar surface area (TPSA) is 71.0 Å². The summed E-state index contributed by atoms with van der Waals surface area (Å²) in [7, 11) is 3.24. The summed E-state index contributed by atoms with van der Waals surface area (Å²) >= 11 is 7.42. The number of hydrogen-bond acceptors (Lipinski definition) is 5. The first kappa shape index (κ1) is 20.2. The highest BCUT2D eigenvalue weighted by Crippen LogP contribution is 2.33. The highest BCUT2D eigenvalue weighted by Gasteiger charge is 2.37. The third-order valence-corrected chi connectivity index (χ3v) is 5.98. The van der Waals surface area contributed by atoms with E-state index < -0.39 is 5.25 Å². The van der Waals surface area contributed by atoms with Gasteiger partial charge >= 0.3 is 0 Å². The van der Waals surface area contributed by atoms with Crippen LogP contribution in [0.1, 0.15) is 12.0 Å². The lowest BCUT2D eigenvalue weighted by Gasteiger charge is -2.10. The maximum absolute atomic E-state index is 12.5. The normalized spacial score (nSPS) is 17.9. The molecule has 0 radical (unpaired) electrons. The minimum absolute atomic E-state index is 0.0629. The van der Waals surface area contributed by atoms with Crippen molar-refractivity contribution in [3.05, 3.63) is 53.1 Å². The number of aliphatic imine (C=N–C) groups is 1. The number of methoxy groups -OCH3 is 1. The van der Waals surface area contributed by atoms with Gasteiger partial charge in [0.25, 0.3) is 0 Å². The quantitative estimate of drug-likeness (QED) is 0.789. The van der Waals surface area contributed by atoms with Gasteiger partial charge in [0.15, 0.2) is 5.17 Å². The molecule has 1 atom stereocenters. The molecule has 1 fully saturated rings. The van der Waals surface area contributed by atoms with Crippen molar-refractivity contribution in [2.45, 2.75) is 18.6 Å². The molecule has 2 amide bonds. The van der Waals surface area contributed by atoms with Crippen LogP contribution in [0.5, 0.6) is 5.75 Å². The summed E-state index contributed by atoms with van der Waals surface area (Å²) in [5, 5.41) is 3.46. The van der Waals surface area contributed by atoms with Crippen LogP contribution in [0.2, 0.25) is 5.02 Å². The number of anilines is 1. The maximum Gasteiger partial charge on any atom is 0.242 e. The number of ether oxygens (including phenoxy) is 1. The van der Waals surface area contributed by atoms with E-state index in [1.54, 1.807) is 44.5 Å². The van der Waals surface area contributed by atoms with E-state index in [0.29, 0.717) is 27.3 Å². The van der Waals surface area contributed by atoms with Crippen LogP contribution in [0, 0.1) is 6.92 Å². The summed E-state index contributed by atoms with van der Waals surface area (Å²) in [4.78, 5) is 30.9. The highest BCUT2D eigenvalue weighted by atomic mass is 35.5. The zero-order chi connectivity index (χ0) is 20.3. The number of amidine groups is 1. The van der Waals surface area contributed by atoms with E-state index in [2.05, 4.69) is 10.3 Å². The average molecular weight is 418 g/mol. The number of halogens is 1. The van der Waals surface area contributed by atoms with Gasteiger partial charge in [-0.2, -0.15) is 0 Å². The van der Waals surface area contributed by atoms with Crippen molar-refractivity contribution < 1.29 is 14.3 Å². The van der Waals surface area contributed by atoms with Gasteiger partial charge < -0.3 is 10.1 Å². The number of nitrogens with zero attached hydrogens (tertiary/aromatic N) is 2. The second-order valence-electron chi connectivity index (χ2n) is 6.26. The Hall–Kier alpha value is -2.51. The van der Waals surface area contributed by atoms with Crippen molar-refractivity contribution in [2.75, 3.05) is 19.5 Å². The van der Waals surface area contributed by atoms with E-state index in [1.807, 2.05) is 19.1 Å². The summed E-state index contributed by atoms with van der Waals surface area (Å²) in [6, 6.07) is 12.5. The lowest BCUT2D eigenvalue weighted by atomic mass is 10.2. The van der Waals surface area contributed by atoms with Crippen molar-refractivity contribution in [3.63, 3.8) is 0 Å². The van der Waals surface area contributed by atoms with Gasteiger partial charge in [-0.1, -0.05) is 29.4 Å². The van der Waals surface area contributed by atoms with Gasteiger partial charge in [-0.25, -0.2) is 4.99 Å². The van der Waals surface area contributed by atoms with E-state index in [1.165, 1.54) is 16.7 Å². The molecule has 8 heteroatoms. The van der Waals surface area contributed by atoms with Crippen LogP contribution < -0.4 is 10.1 Å². The van der Waals surface area contributed by atoms with Crippen molar-refractivity contribution in [1.29, 1.82) is 0 Å².